The molecule has 0 spiro atoms. The minimum absolute atomic E-state index is 0.280. The third kappa shape index (κ3) is 5.60. The normalized spacial score (nSPS) is 14.2. The maximum atomic E-state index is 6.26. The maximum absolute atomic E-state index is 6.26. The third-order valence-electron chi connectivity index (χ3n) is 4.52. The molecule has 0 N–H and O–H groups in total. The van der Waals surface area contributed by atoms with E-state index in [1.54, 1.807) is 6.07 Å². The lowest BCUT2D eigenvalue weighted by Gasteiger charge is -2.19. The molecule has 0 fully saturated rings. The first kappa shape index (κ1) is 20.0. The van der Waals surface area contributed by atoms with Crippen molar-refractivity contribution in [2.45, 2.75) is 33.6 Å². The Labute approximate surface area is 171 Å². The van der Waals surface area contributed by atoms with Gasteiger partial charge in [0.15, 0.2) is 0 Å². The Bertz CT molecular complexity index is 878. The molecule has 0 saturated heterocycles. The first-order valence-electron chi connectivity index (χ1n) is 9.25. The largest absolute Gasteiger partial charge is 0.494 e. The van der Waals surface area contributed by atoms with Crippen molar-refractivity contribution in [3.63, 3.8) is 0 Å². The Morgan fingerprint density at radius 1 is 1.07 bits per heavy atom. The van der Waals surface area contributed by atoms with Gasteiger partial charge in [0.1, 0.15) is 5.75 Å². The number of allylic oxidation sites excluding steroid dienone is 1. The van der Waals surface area contributed by atoms with E-state index in [2.05, 4.69) is 37.9 Å². The van der Waals surface area contributed by atoms with Crippen LogP contribution in [-0.4, -0.2) is 18.9 Å². The van der Waals surface area contributed by atoms with Crippen molar-refractivity contribution >= 4 is 35.0 Å². The zero-order valence-corrected chi connectivity index (χ0v) is 17.6. The summed E-state index contributed by atoms with van der Waals surface area (Å²) in [6, 6.07) is 11.8. The number of fused-ring (bicyclic) bond motifs is 1. The molecule has 142 valence electrons. The molecule has 0 atom stereocenters. The Hall–Kier alpha value is -1.77. The van der Waals surface area contributed by atoms with Crippen LogP contribution < -0.4 is 4.74 Å². The third-order valence-corrected chi connectivity index (χ3v) is 5.08. The van der Waals surface area contributed by atoms with E-state index in [1.165, 1.54) is 5.56 Å². The van der Waals surface area contributed by atoms with E-state index >= 15 is 0 Å². The molecule has 0 bridgehead atoms. The summed E-state index contributed by atoms with van der Waals surface area (Å²) in [4.78, 5) is 4.68. The second-order valence-electron chi connectivity index (χ2n) is 7.99. The summed E-state index contributed by atoms with van der Waals surface area (Å²) in [5, 5.41) is 1.27. The molecule has 0 saturated carbocycles. The molecule has 3 rings (SSSR count). The summed E-state index contributed by atoms with van der Waals surface area (Å²) in [6.07, 6.45) is 5.97. The summed E-state index contributed by atoms with van der Waals surface area (Å²) in [6.45, 7) is 8.20. The number of nitrogens with zero attached hydrogens (tertiary/aromatic N) is 1. The zero-order valence-electron chi connectivity index (χ0n) is 16.1. The van der Waals surface area contributed by atoms with Gasteiger partial charge in [0.25, 0.3) is 0 Å². The Kier molecular flexibility index (Phi) is 6.29. The number of hydrogen-bond donors (Lipinski definition) is 0. The zero-order chi connectivity index (χ0) is 19.4. The van der Waals surface area contributed by atoms with Crippen LogP contribution in [0, 0.1) is 5.41 Å². The SMILES string of the molecule is CC(C)(C)CCOc1ccc2c(c1)CCN=C2/C=C/c1ccc(Cl)cc1Cl. The highest BCUT2D eigenvalue weighted by Gasteiger charge is 2.14. The molecule has 0 radical (unpaired) electrons. The first-order valence-corrected chi connectivity index (χ1v) is 10.0. The average molecular weight is 402 g/mol. The van der Waals surface area contributed by atoms with Crippen LogP contribution in [0.25, 0.3) is 6.08 Å². The van der Waals surface area contributed by atoms with Gasteiger partial charge >= 0.3 is 0 Å². The molecule has 2 nitrogen and oxygen atoms in total. The lowest BCUT2D eigenvalue weighted by Crippen LogP contribution is -2.13. The van der Waals surface area contributed by atoms with Crippen molar-refractivity contribution in [1.29, 1.82) is 0 Å². The summed E-state index contributed by atoms with van der Waals surface area (Å²) in [5.74, 6) is 0.934. The van der Waals surface area contributed by atoms with Gasteiger partial charge < -0.3 is 4.74 Å². The smallest absolute Gasteiger partial charge is 0.119 e. The number of halogens is 2. The van der Waals surface area contributed by atoms with Crippen molar-refractivity contribution < 1.29 is 4.74 Å². The Morgan fingerprint density at radius 3 is 2.63 bits per heavy atom. The minimum Gasteiger partial charge on any atom is -0.494 e. The van der Waals surface area contributed by atoms with E-state index in [0.29, 0.717) is 10.0 Å². The summed E-state index contributed by atoms with van der Waals surface area (Å²) in [7, 11) is 0. The van der Waals surface area contributed by atoms with Crippen molar-refractivity contribution in [2.24, 2.45) is 10.4 Å². The molecule has 0 aromatic heterocycles. The second kappa shape index (κ2) is 8.50. The highest BCUT2D eigenvalue weighted by molar-refractivity contribution is 6.35. The molecule has 1 aliphatic rings. The van der Waals surface area contributed by atoms with Gasteiger partial charge in [0.05, 0.1) is 12.3 Å². The second-order valence-corrected chi connectivity index (χ2v) is 8.84. The lowest BCUT2D eigenvalue weighted by molar-refractivity contribution is 0.243. The van der Waals surface area contributed by atoms with Crippen LogP contribution >= 0.6 is 23.2 Å². The molecular weight excluding hydrogens is 377 g/mol. The van der Waals surface area contributed by atoms with Gasteiger partial charge in [-0.3, -0.25) is 4.99 Å². The molecule has 4 heteroatoms. The molecule has 0 aliphatic carbocycles. The molecule has 2 aromatic rings. The maximum Gasteiger partial charge on any atom is 0.119 e. The fourth-order valence-corrected chi connectivity index (χ4v) is 3.39. The van der Waals surface area contributed by atoms with Gasteiger partial charge in [-0.25, -0.2) is 0 Å². The van der Waals surface area contributed by atoms with Gasteiger partial charge in [-0.1, -0.05) is 56.1 Å². The average Bonchev–Trinajstić information content (AvgIpc) is 2.59. The van der Waals surface area contributed by atoms with E-state index in [-0.39, 0.29) is 5.41 Å². The van der Waals surface area contributed by atoms with Crippen molar-refractivity contribution in [3.8, 4) is 5.75 Å². The molecule has 27 heavy (non-hydrogen) atoms. The van der Waals surface area contributed by atoms with E-state index in [4.69, 9.17) is 27.9 Å². The quantitative estimate of drug-likeness (QED) is 0.535. The van der Waals surface area contributed by atoms with Crippen LogP contribution in [0.5, 0.6) is 5.75 Å². The molecule has 1 heterocycles. The molecule has 0 unspecified atom stereocenters. The predicted molar refractivity (Wildman–Crippen MR) is 117 cm³/mol. The van der Waals surface area contributed by atoms with Crippen molar-refractivity contribution in [3.05, 3.63) is 69.2 Å². The topological polar surface area (TPSA) is 21.6 Å². The minimum atomic E-state index is 0.280. The van der Waals surface area contributed by atoms with Gasteiger partial charge in [-0.05, 0) is 65.8 Å². The predicted octanol–water partition coefficient (Wildman–Crippen LogP) is 6.87. The van der Waals surface area contributed by atoms with Crippen LogP contribution in [0.3, 0.4) is 0 Å². The van der Waals surface area contributed by atoms with Crippen LogP contribution in [0.4, 0.5) is 0 Å². The fourth-order valence-electron chi connectivity index (χ4n) is 2.92. The number of aliphatic imine (C=N–C) groups is 1. The monoisotopic (exact) mass is 401 g/mol. The highest BCUT2D eigenvalue weighted by atomic mass is 35.5. The summed E-state index contributed by atoms with van der Waals surface area (Å²) < 4.78 is 5.95. The van der Waals surface area contributed by atoms with Crippen LogP contribution in [-0.2, 0) is 6.42 Å². The molecular formula is C23H25Cl2NO. The molecule has 1 aliphatic heterocycles. The number of ether oxygens (including phenoxy) is 1. The van der Waals surface area contributed by atoms with Crippen LogP contribution in [0.1, 0.15) is 43.9 Å². The fraction of sp³-hybridized carbons (Fsp3) is 0.348. The van der Waals surface area contributed by atoms with Gasteiger partial charge in [0, 0.05) is 22.2 Å². The van der Waals surface area contributed by atoms with Crippen LogP contribution in [0.2, 0.25) is 10.0 Å². The first-order chi connectivity index (χ1) is 12.8. The molecule has 2 aromatic carbocycles. The number of rotatable bonds is 5. The van der Waals surface area contributed by atoms with Gasteiger partial charge in [0.2, 0.25) is 0 Å². The molecule has 0 amide bonds. The summed E-state index contributed by atoms with van der Waals surface area (Å²) in [5.41, 5.74) is 4.62. The number of hydrogen-bond acceptors (Lipinski definition) is 2. The van der Waals surface area contributed by atoms with Gasteiger partial charge in [-0.2, -0.15) is 0 Å². The highest BCUT2D eigenvalue weighted by Crippen LogP contribution is 2.26. The lowest BCUT2D eigenvalue weighted by atomic mass is 9.93. The standard InChI is InChI=1S/C23H25Cl2NO/c1-23(2,3)11-13-27-19-7-8-20-17(14-19)10-12-26-22(20)9-5-16-4-6-18(24)15-21(16)25/h4-9,14-15H,10-13H2,1-3H3/b9-5+. The summed E-state index contributed by atoms with van der Waals surface area (Å²) >= 11 is 12.2. The van der Waals surface area contributed by atoms with E-state index < -0.39 is 0 Å². The Balaban J connectivity index is 1.73. The Morgan fingerprint density at radius 2 is 1.89 bits per heavy atom. The number of benzene rings is 2. The van der Waals surface area contributed by atoms with E-state index in [1.807, 2.05) is 30.4 Å². The van der Waals surface area contributed by atoms with E-state index in [0.717, 1.165) is 48.6 Å². The van der Waals surface area contributed by atoms with Crippen molar-refractivity contribution in [1.82, 2.24) is 0 Å². The van der Waals surface area contributed by atoms with Crippen molar-refractivity contribution in [2.75, 3.05) is 13.2 Å². The van der Waals surface area contributed by atoms with Gasteiger partial charge in [-0.15, -0.1) is 0 Å². The van der Waals surface area contributed by atoms with Crippen LogP contribution in [0.15, 0.2) is 47.5 Å². The van der Waals surface area contributed by atoms with E-state index in [9.17, 15) is 0 Å².